The van der Waals surface area contributed by atoms with E-state index in [1.807, 2.05) is 6.92 Å². The summed E-state index contributed by atoms with van der Waals surface area (Å²) in [5, 5.41) is 0. The van der Waals surface area contributed by atoms with Crippen LogP contribution >= 0.6 is 0 Å². The Morgan fingerprint density at radius 1 is 1.56 bits per heavy atom. The summed E-state index contributed by atoms with van der Waals surface area (Å²) < 4.78 is 0. The molecule has 3 atom stereocenters. The van der Waals surface area contributed by atoms with Crippen molar-refractivity contribution in [3.63, 3.8) is 0 Å². The molecule has 0 saturated carbocycles. The number of carbonyl (C=O) groups excluding carboxylic acids is 1. The van der Waals surface area contributed by atoms with Crippen LogP contribution in [0.2, 0.25) is 0 Å². The van der Waals surface area contributed by atoms with Crippen molar-refractivity contribution >= 4 is 5.78 Å². The normalized spacial score (nSPS) is 26.6. The third kappa shape index (κ3) is 3.96. The van der Waals surface area contributed by atoms with Crippen LogP contribution in [0, 0.1) is 17.8 Å². The lowest BCUT2D eigenvalue weighted by Crippen LogP contribution is -2.22. The number of ketones is 1. The van der Waals surface area contributed by atoms with Crippen LogP contribution in [0.25, 0.3) is 0 Å². The van der Waals surface area contributed by atoms with Gasteiger partial charge < -0.3 is 0 Å². The second-order valence-electron chi connectivity index (χ2n) is 5.40. The van der Waals surface area contributed by atoms with Crippen molar-refractivity contribution in [2.24, 2.45) is 17.8 Å². The van der Waals surface area contributed by atoms with Gasteiger partial charge in [0.15, 0.2) is 5.78 Å². The molecule has 0 aromatic heterocycles. The van der Waals surface area contributed by atoms with E-state index in [2.05, 4.69) is 32.9 Å². The van der Waals surface area contributed by atoms with Crippen LogP contribution < -0.4 is 0 Å². The van der Waals surface area contributed by atoms with Crippen molar-refractivity contribution in [1.29, 1.82) is 0 Å². The number of hydrogen-bond donors (Lipinski definition) is 0. The quantitative estimate of drug-likeness (QED) is 0.650. The van der Waals surface area contributed by atoms with E-state index in [1.54, 1.807) is 6.08 Å². The van der Waals surface area contributed by atoms with Crippen molar-refractivity contribution in [2.45, 2.75) is 47.0 Å². The fourth-order valence-electron chi connectivity index (χ4n) is 2.26. The van der Waals surface area contributed by atoms with Gasteiger partial charge in [0, 0.05) is 5.92 Å². The third-order valence-electron chi connectivity index (χ3n) is 3.52. The van der Waals surface area contributed by atoms with Gasteiger partial charge >= 0.3 is 0 Å². The second kappa shape index (κ2) is 6.03. The highest BCUT2D eigenvalue weighted by Crippen LogP contribution is 2.29. The molecule has 0 heterocycles. The maximum Gasteiger partial charge on any atom is 0.158 e. The van der Waals surface area contributed by atoms with Crippen molar-refractivity contribution in [2.75, 3.05) is 0 Å². The van der Waals surface area contributed by atoms with Crippen molar-refractivity contribution in [3.05, 3.63) is 23.8 Å². The molecule has 0 saturated heterocycles. The Bertz CT molecular complexity index is 295. The standard InChI is InChI=1S/C15H24O/c1-11(2)6-5-7-12(3)14-8-9-15(16)13(4)10-14/h6,8-9,12-14H,5,7,10H2,1-4H3/t12-,13?,14?/m1/s1. The van der Waals surface area contributed by atoms with Crippen LogP contribution in [0.4, 0.5) is 0 Å². The molecule has 0 bridgehead atoms. The maximum atomic E-state index is 11.4. The predicted octanol–water partition coefficient (Wildman–Crippen LogP) is 4.15. The SMILES string of the molecule is CC(C)=CCC[C@@H](C)C1C=CC(=O)C(C)C1. The summed E-state index contributed by atoms with van der Waals surface area (Å²) in [5.74, 6) is 1.80. The highest BCUT2D eigenvalue weighted by Gasteiger charge is 2.24. The minimum absolute atomic E-state index is 0.223. The molecule has 90 valence electrons. The van der Waals surface area contributed by atoms with Crippen LogP contribution in [0.1, 0.15) is 47.0 Å². The van der Waals surface area contributed by atoms with Crippen molar-refractivity contribution in [3.8, 4) is 0 Å². The first-order valence-electron chi connectivity index (χ1n) is 6.36. The Kier molecular flexibility index (Phi) is 4.98. The highest BCUT2D eigenvalue weighted by molar-refractivity contribution is 5.92. The van der Waals surface area contributed by atoms with E-state index >= 15 is 0 Å². The second-order valence-corrected chi connectivity index (χ2v) is 5.40. The molecule has 0 spiro atoms. The number of allylic oxidation sites excluding steroid dienone is 4. The zero-order valence-corrected chi connectivity index (χ0v) is 11.0. The molecule has 0 fully saturated rings. The van der Waals surface area contributed by atoms with Gasteiger partial charge in [-0.25, -0.2) is 0 Å². The molecule has 1 nitrogen and oxygen atoms in total. The van der Waals surface area contributed by atoms with Gasteiger partial charge in [0.05, 0.1) is 0 Å². The molecule has 2 unspecified atom stereocenters. The number of carbonyl (C=O) groups is 1. The minimum atomic E-state index is 0.223. The van der Waals surface area contributed by atoms with Gasteiger partial charge in [-0.1, -0.05) is 31.6 Å². The van der Waals surface area contributed by atoms with Gasteiger partial charge in [0.2, 0.25) is 0 Å². The molecule has 0 radical (unpaired) electrons. The minimum Gasteiger partial charge on any atom is -0.295 e. The molecule has 1 aliphatic carbocycles. The molecule has 0 N–H and O–H groups in total. The highest BCUT2D eigenvalue weighted by atomic mass is 16.1. The summed E-state index contributed by atoms with van der Waals surface area (Å²) in [7, 11) is 0. The van der Waals surface area contributed by atoms with Gasteiger partial charge in [-0.15, -0.1) is 0 Å². The molecule has 1 rings (SSSR count). The first-order chi connectivity index (χ1) is 7.50. The van der Waals surface area contributed by atoms with Crippen molar-refractivity contribution < 1.29 is 4.79 Å². The van der Waals surface area contributed by atoms with Gasteiger partial charge in [0.25, 0.3) is 0 Å². The summed E-state index contributed by atoms with van der Waals surface area (Å²) in [6.45, 7) is 8.63. The smallest absolute Gasteiger partial charge is 0.158 e. The third-order valence-corrected chi connectivity index (χ3v) is 3.52. The molecule has 0 amide bonds. The summed E-state index contributed by atoms with van der Waals surface area (Å²) in [5.41, 5.74) is 1.40. The zero-order valence-electron chi connectivity index (χ0n) is 11.0. The fourth-order valence-corrected chi connectivity index (χ4v) is 2.26. The number of hydrogen-bond acceptors (Lipinski definition) is 1. The lowest BCUT2D eigenvalue weighted by molar-refractivity contribution is -0.118. The van der Waals surface area contributed by atoms with E-state index in [4.69, 9.17) is 0 Å². The Morgan fingerprint density at radius 3 is 2.81 bits per heavy atom. The molecule has 0 aromatic carbocycles. The van der Waals surface area contributed by atoms with Crippen molar-refractivity contribution in [1.82, 2.24) is 0 Å². The van der Waals surface area contributed by atoms with Crippen LogP contribution in [-0.2, 0) is 4.79 Å². The maximum absolute atomic E-state index is 11.4. The van der Waals surface area contributed by atoms with Crippen LogP contribution in [0.5, 0.6) is 0 Å². The average molecular weight is 220 g/mol. The molecule has 1 aliphatic rings. The topological polar surface area (TPSA) is 17.1 Å². The van der Waals surface area contributed by atoms with Gasteiger partial charge in [-0.2, -0.15) is 0 Å². The average Bonchev–Trinajstić information content (AvgIpc) is 2.21. The van der Waals surface area contributed by atoms with E-state index in [0.717, 1.165) is 12.8 Å². The van der Waals surface area contributed by atoms with E-state index in [-0.39, 0.29) is 5.92 Å². The molecular weight excluding hydrogens is 196 g/mol. The summed E-state index contributed by atoms with van der Waals surface area (Å²) in [6, 6.07) is 0. The van der Waals surface area contributed by atoms with Crippen LogP contribution in [0.15, 0.2) is 23.8 Å². The monoisotopic (exact) mass is 220 g/mol. The molecular formula is C15H24O. The van der Waals surface area contributed by atoms with Gasteiger partial charge in [-0.3, -0.25) is 4.79 Å². The Hall–Kier alpha value is -0.850. The van der Waals surface area contributed by atoms with E-state index in [9.17, 15) is 4.79 Å². The van der Waals surface area contributed by atoms with Crippen LogP contribution in [0.3, 0.4) is 0 Å². The van der Waals surface area contributed by atoms with E-state index < -0.39 is 0 Å². The van der Waals surface area contributed by atoms with E-state index in [0.29, 0.717) is 17.6 Å². The van der Waals surface area contributed by atoms with Crippen LogP contribution in [-0.4, -0.2) is 5.78 Å². The zero-order chi connectivity index (χ0) is 12.1. The van der Waals surface area contributed by atoms with Gasteiger partial charge in [-0.05, 0) is 51.0 Å². The molecule has 16 heavy (non-hydrogen) atoms. The molecule has 0 aliphatic heterocycles. The lowest BCUT2D eigenvalue weighted by atomic mass is 9.78. The summed E-state index contributed by atoms with van der Waals surface area (Å²) in [6.07, 6.45) is 9.63. The Morgan fingerprint density at radius 2 is 2.25 bits per heavy atom. The molecule has 1 heteroatoms. The van der Waals surface area contributed by atoms with Gasteiger partial charge in [0.1, 0.15) is 0 Å². The summed E-state index contributed by atoms with van der Waals surface area (Å²) in [4.78, 5) is 11.4. The fraction of sp³-hybridized carbons (Fsp3) is 0.667. The summed E-state index contributed by atoms with van der Waals surface area (Å²) >= 11 is 0. The number of rotatable bonds is 4. The lowest BCUT2D eigenvalue weighted by Gasteiger charge is -2.26. The predicted molar refractivity (Wildman–Crippen MR) is 69.2 cm³/mol. The molecule has 0 aromatic rings. The first kappa shape index (κ1) is 13.2. The Labute approximate surface area is 99.6 Å². The Balaban J connectivity index is 2.43. The van der Waals surface area contributed by atoms with E-state index in [1.165, 1.54) is 12.0 Å². The largest absolute Gasteiger partial charge is 0.295 e. The first-order valence-corrected chi connectivity index (χ1v) is 6.36.